The van der Waals surface area contributed by atoms with Gasteiger partial charge in [0.25, 0.3) is 5.91 Å². The fourth-order valence-corrected chi connectivity index (χ4v) is 4.87. The molecule has 2 aromatic rings. The summed E-state index contributed by atoms with van der Waals surface area (Å²) >= 11 is 0. The average Bonchev–Trinajstić information content (AvgIpc) is 2.62. The molecular weight excluding hydrogens is 398 g/mol. The molecule has 0 saturated heterocycles. The molecule has 0 saturated carbocycles. The topological polar surface area (TPSA) is 78.5 Å². The molecule has 0 bridgehead atoms. The van der Waals surface area contributed by atoms with Gasteiger partial charge in [0, 0.05) is 23.8 Å². The number of nitrogens with zero attached hydrogens (tertiary/aromatic N) is 1. The van der Waals surface area contributed by atoms with Crippen LogP contribution in [0.25, 0.3) is 0 Å². The molecular formula is C23H33N3O3S. The highest BCUT2D eigenvalue weighted by molar-refractivity contribution is 7.89. The Hall–Kier alpha value is -2.22. The summed E-state index contributed by atoms with van der Waals surface area (Å²) in [6.07, 6.45) is 0. The first-order valence-corrected chi connectivity index (χ1v) is 11.5. The maximum absolute atomic E-state index is 12.9. The van der Waals surface area contributed by atoms with Gasteiger partial charge in [-0.3, -0.25) is 4.79 Å². The van der Waals surface area contributed by atoms with Crippen LogP contribution in [-0.4, -0.2) is 45.9 Å². The molecule has 1 atom stereocenters. The van der Waals surface area contributed by atoms with Crippen LogP contribution in [-0.2, 0) is 10.0 Å². The van der Waals surface area contributed by atoms with Crippen LogP contribution in [0.2, 0.25) is 0 Å². The summed E-state index contributed by atoms with van der Waals surface area (Å²) in [5.41, 5.74) is 2.49. The van der Waals surface area contributed by atoms with E-state index in [2.05, 4.69) is 10.0 Å². The third kappa shape index (κ3) is 5.90. The number of hydrogen-bond acceptors (Lipinski definition) is 4. The van der Waals surface area contributed by atoms with E-state index in [1.165, 1.54) is 6.07 Å². The van der Waals surface area contributed by atoms with Gasteiger partial charge >= 0.3 is 0 Å². The van der Waals surface area contributed by atoms with Crippen LogP contribution in [0.1, 0.15) is 42.3 Å². The Balaban J connectivity index is 2.19. The highest BCUT2D eigenvalue weighted by Crippen LogP contribution is 2.25. The van der Waals surface area contributed by atoms with Crippen molar-refractivity contribution in [3.05, 3.63) is 59.2 Å². The zero-order valence-corrected chi connectivity index (χ0v) is 19.7. The first-order chi connectivity index (χ1) is 13.8. The average molecular weight is 432 g/mol. The number of sulfonamides is 1. The lowest BCUT2D eigenvalue weighted by Crippen LogP contribution is -2.47. The summed E-state index contributed by atoms with van der Waals surface area (Å²) in [5, 5.41) is 2.87. The van der Waals surface area contributed by atoms with Gasteiger partial charge in [-0.2, -0.15) is 0 Å². The van der Waals surface area contributed by atoms with E-state index >= 15 is 0 Å². The highest BCUT2D eigenvalue weighted by Gasteiger charge is 2.30. The number of anilines is 1. The quantitative estimate of drug-likeness (QED) is 0.666. The SMILES string of the molecule is Cc1cc(S(=O)(=O)NC(C)C(C)(C)CN(C)C)ccc1NC(=O)c1ccccc1C. The minimum atomic E-state index is -3.69. The van der Waals surface area contributed by atoms with Gasteiger partial charge in [-0.25, -0.2) is 13.1 Å². The summed E-state index contributed by atoms with van der Waals surface area (Å²) in [7, 11) is 0.251. The fourth-order valence-electron chi connectivity index (χ4n) is 3.37. The second-order valence-electron chi connectivity index (χ2n) is 8.82. The molecule has 7 heteroatoms. The Morgan fingerprint density at radius 2 is 1.70 bits per heavy atom. The molecule has 164 valence electrons. The Morgan fingerprint density at radius 1 is 1.07 bits per heavy atom. The van der Waals surface area contributed by atoms with Gasteiger partial charge < -0.3 is 10.2 Å². The second kappa shape index (κ2) is 9.29. The van der Waals surface area contributed by atoms with Crippen LogP contribution >= 0.6 is 0 Å². The van der Waals surface area contributed by atoms with Crippen LogP contribution in [0.15, 0.2) is 47.4 Å². The molecule has 0 aliphatic rings. The Kier molecular flexibility index (Phi) is 7.45. The molecule has 30 heavy (non-hydrogen) atoms. The Morgan fingerprint density at radius 3 is 2.27 bits per heavy atom. The predicted molar refractivity (Wildman–Crippen MR) is 122 cm³/mol. The van der Waals surface area contributed by atoms with Crippen molar-refractivity contribution in [2.75, 3.05) is 26.0 Å². The maximum atomic E-state index is 12.9. The lowest BCUT2D eigenvalue weighted by atomic mass is 9.85. The molecule has 0 heterocycles. The minimum Gasteiger partial charge on any atom is -0.322 e. The Bertz CT molecular complexity index is 1010. The standard InChI is InChI=1S/C23H33N3O3S/c1-16-10-8-9-11-20(16)22(27)24-21-13-12-19(14-17(21)2)30(28,29)25-18(3)23(4,5)15-26(6)7/h8-14,18,25H,15H2,1-7H3,(H,24,27). The molecule has 1 amide bonds. The van der Waals surface area contributed by atoms with Crippen molar-refractivity contribution >= 4 is 21.6 Å². The van der Waals surface area contributed by atoms with Crippen LogP contribution in [0.3, 0.4) is 0 Å². The van der Waals surface area contributed by atoms with E-state index < -0.39 is 10.0 Å². The minimum absolute atomic E-state index is 0.182. The van der Waals surface area contributed by atoms with Gasteiger partial charge in [0.1, 0.15) is 0 Å². The molecule has 0 aliphatic carbocycles. The lowest BCUT2D eigenvalue weighted by molar-refractivity contribution is 0.102. The number of carbonyl (C=O) groups is 1. The summed E-state index contributed by atoms with van der Waals surface area (Å²) in [4.78, 5) is 14.8. The number of nitrogens with one attached hydrogen (secondary N) is 2. The van der Waals surface area contributed by atoms with E-state index in [-0.39, 0.29) is 22.3 Å². The van der Waals surface area contributed by atoms with E-state index in [9.17, 15) is 13.2 Å². The van der Waals surface area contributed by atoms with Crippen LogP contribution in [0.4, 0.5) is 5.69 Å². The highest BCUT2D eigenvalue weighted by atomic mass is 32.2. The van der Waals surface area contributed by atoms with Crippen LogP contribution in [0, 0.1) is 19.3 Å². The fraction of sp³-hybridized carbons (Fsp3) is 0.435. The van der Waals surface area contributed by atoms with Crippen molar-refractivity contribution in [1.82, 2.24) is 9.62 Å². The molecule has 2 aromatic carbocycles. The summed E-state index contributed by atoms with van der Waals surface area (Å²) in [6, 6.07) is 11.8. The number of benzene rings is 2. The van der Waals surface area contributed by atoms with Gasteiger partial charge in [-0.1, -0.05) is 32.0 Å². The van der Waals surface area contributed by atoms with Gasteiger partial charge in [-0.05, 0) is 75.7 Å². The van der Waals surface area contributed by atoms with Gasteiger partial charge in [-0.15, -0.1) is 0 Å². The molecule has 2 rings (SSSR count). The van der Waals surface area contributed by atoms with Crippen LogP contribution in [0.5, 0.6) is 0 Å². The molecule has 2 N–H and O–H groups in total. The van der Waals surface area contributed by atoms with Crippen molar-refractivity contribution in [3.63, 3.8) is 0 Å². The van der Waals surface area contributed by atoms with Gasteiger partial charge in [0.2, 0.25) is 10.0 Å². The molecule has 0 aliphatic heterocycles. The van der Waals surface area contributed by atoms with Crippen molar-refractivity contribution in [3.8, 4) is 0 Å². The van der Waals surface area contributed by atoms with Gasteiger partial charge in [0.05, 0.1) is 4.90 Å². The summed E-state index contributed by atoms with van der Waals surface area (Å²) in [6.45, 7) is 10.4. The number of hydrogen-bond donors (Lipinski definition) is 2. The molecule has 0 fully saturated rings. The normalized spacial score (nSPS) is 13.3. The van der Waals surface area contributed by atoms with Crippen molar-refractivity contribution in [1.29, 1.82) is 0 Å². The largest absolute Gasteiger partial charge is 0.322 e. The zero-order valence-electron chi connectivity index (χ0n) is 18.9. The summed E-state index contributed by atoms with van der Waals surface area (Å²) < 4.78 is 28.6. The molecule has 0 spiro atoms. The first kappa shape index (κ1) is 24.1. The smallest absolute Gasteiger partial charge is 0.255 e. The first-order valence-electron chi connectivity index (χ1n) is 9.98. The third-order valence-electron chi connectivity index (χ3n) is 5.37. The monoisotopic (exact) mass is 431 g/mol. The Labute approximate surface area is 180 Å². The molecule has 0 radical (unpaired) electrons. The number of carbonyl (C=O) groups excluding carboxylic acids is 1. The van der Waals surface area contributed by atoms with Gasteiger partial charge in [0.15, 0.2) is 0 Å². The van der Waals surface area contributed by atoms with E-state index in [4.69, 9.17) is 0 Å². The third-order valence-corrected chi connectivity index (χ3v) is 6.91. The predicted octanol–water partition coefficient (Wildman–Crippen LogP) is 3.81. The number of rotatable bonds is 8. The van der Waals surface area contributed by atoms with E-state index in [0.717, 1.165) is 12.1 Å². The van der Waals surface area contributed by atoms with E-state index in [1.54, 1.807) is 25.1 Å². The molecule has 1 unspecified atom stereocenters. The van der Waals surface area contributed by atoms with Crippen molar-refractivity contribution in [2.24, 2.45) is 5.41 Å². The van der Waals surface area contributed by atoms with Crippen molar-refractivity contribution in [2.45, 2.75) is 45.6 Å². The summed E-state index contributed by atoms with van der Waals surface area (Å²) in [5.74, 6) is -0.219. The molecule has 6 nitrogen and oxygen atoms in total. The van der Waals surface area contributed by atoms with E-state index in [1.807, 2.05) is 64.9 Å². The maximum Gasteiger partial charge on any atom is 0.255 e. The lowest BCUT2D eigenvalue weighted by Gasteiger charge is -2.34. The van der Waals surface area contributed by atoms with Crippen LogP contribution < -0.4 is 10.0 Å². The number of aryl methyl sites for hydroxylation is 2. The molecule has 0 aromatic heterocycles. The second-order valence-corrected chi connectivity index (χ2v) is 10.5. The zero-order chi connectivity index (χ0) is 22.7. The van der Waals surface area contributed by atoms with E-state index in [0.29, 0.717) is 16.8 Å². The van der Waals surface area contributed by atoms with Crippen molar-refractivity contribution < 1.29 is 13.2 Å². The number of amides is 1.